The smallest absolute Gasteiger partial charge is 0.227 e. The molecule has 0 atom stereocenters. The van der Waals surface area contributed by atoms with Crippen LogP contribution in [-0.2, 0) is 22.6 Å². The largest absolute Gasteiger partial charge is 0.370 e. The molecule has 30 heavy (non-hydrogen) atoms. The van der Waals surface area contributed by atoms with Crippen molar-refractivity contribution in [1.29, 1.82) is 5.26 Å². The Morgan fingerprint density at radius 3 is 2.73 bits per heavy atom. The van der Waals surface area contributed by atoms with Crippen molar-refractivity contribution in [3.05, 3.63) is 46.5 Å². The van der Waals surface area contributed by atoms with Crippen LogP contribution in [0.15, 0.2) is 29.4 Å². The number of nitriles is 1. The van der Waals surface area contributed by atoms with E-state index in [9.17, 15) is 10.1 Å². The molecule has 0 aliphatic carbocycles. The van der Waals surface area contributed by atoms with Crippen LogP contribution in [-0.4, -0.2) is 31.9 Å². The van der Waals surface area contributed by atoms with Gasteiger partial charge in [-0.1, -0.05) is 29.5 Å². The summed E-state index contributed by atoms with van der Waals surface area (Å²) in [5.74, 6) is 0.186. The summed E-state index contributed by atoms with van der Waals surface area (Å²) in [4.78, 5) is 11.3. The predicted octanol–water partition coefficient (Wildman–Crippen LogP) is 3.08. The van der Waals surface area contributed by atoms with E-state index in [1.807, 2.05) is 45.0 Å². The fourth-order valence-corrected chi connectivity index (χ4v) is 4.22. The number of carbonyl (C=O) groups is 1. The fraction of sp³-hybridized carbons (Fsp3) is 0.333. The summed E-state index contributed by atoms with van der Waals surface area (Å²) in [5.41, 5.74) is 9.80. The highest BCUT2D eigenvalue weighted by Gasteiger charge is 2.33. The lowest BCUT2D eigenvalue weighted by Crippen LogP contribution is -2.33. The Morgan fingerprint density at radius 2 is 2.07 bits per heavy atom. The van der Waals surface area contributed by atoms with Gasteiger partial charge in [-0.05, 0) is 38.5 Å². The molecule has 1 aromatic carbocycles. The zero-order valence-electron chi connectivity index (χ0n) is 17.0. The van der Waals surface area contributed by atoms with Gasteiger partial charge in [0.1, 0.15) is 11.9 Å². The quantitative estimate of drug-likeness (QED) is 0.607. The monoisotopic (exact) mass is 422 g/mol. The third kappa shape index (κ3) is 3.72. The minimum absolute atomic E-state index is 0.0628. The summed E-state index contributed by atoms with van der Waals surface area (Å²) in [6, 6.07) is 10.3. The number of benzene rings is 1. The fourth-order valence-electron chi connectivity index (χ4n) is 3.54. The van der Waals surface area contributed by atoms with Crippen molar-refractivity contribution >= 4 is 34.8 Å². The van der Waals surface area contributed by atoms with Gasteiger partial charge in [0.15, 0.2) is 10.8 Å². The first kappa shape index (κ1) is 20.2. The minimum atomic E-state index is -0.451. The second-order valence-electron chi connectivity index (χ2n) is 7.91. The zero-order valence-corrected chi connectivity index (χ0v) is 17.8. The molecule has 0 spiro atoms. The Hall–Kier alpha value is -3.09. The van der Waals surface area contributed by atoms with E-state index in [-0.39, 0.29) is 11.4 Å². The van der Waals surface area contributed by atoms with E-state index in [0.717, 1.165) is 22.4 Å². The normalized spacial score (nSPS) is 14.9. The van der Waals surface area contributed by atoms with Crippen molar-refractivity contribution in [3.8, 4) is 6.07 Å². The number of primary amides is 1. The summed E-state index contributed by atoms with van der Waals surface area (Å²) in [7, 11) is 0. The molecule has 1 amide bonds. The number of hydrogen-bond donors (Lipinski definition) is 2. The number of carbonyl (C=O) groups excluding carboxylic acids is 1. The molecule has 3 heterocycles. The van der Waals surface area contributed by atoms with E-state index in [2.05, 4.69) is 21.6 Å². The second kappa shape index (κ2) is 7.63. The number of thioether (sulfide) groups is 1. The number of amides is 1. The molecule has 1 aliphatic rings. The van der Waals surface area contributed by atoms with E-state index < -0.39 is 5.91 Å². The SMILES string of the molecule is Cc1ccc(Nc2c(C#N)c3c(c4nnc(SCC(N)=O)n24)COC(C)(C)C3)cc1. The van der Waals surface area contributed by atoms with Gasteiger partial charge in [-0.2, -0.15) is 5.26 Å². The predicted molar refractivity (Wildman–Crippen MR) is 115 cm³/mol. The number of aryl methyl sites for hydroxylation is 1. The van der Waals surface area contributed by atoms with Crippen molar-refractivity contribution in [2.24, 2.45) is 5.73 Å². The highest BCUT2D eigenvalue weighted by atomic mass is 32.2. The van der Waals surface area contributed by atoms with E-state index >= 15 is 0 Å². The number of aromatic nitrogens is 3. The summed E-state index contributed by atoms with van der Waals surface area (Å²) in [5, 5.41) is 22.6. The number of nitrogens with one attached hydrogen (secondary N) is 1. The lowest BCUT2D eigenvalue weighted by atomic mass is 9.89. The maximum atomic E-state index is 11.3. The van der Waals surface area contributed by atoms with Crippen LogP contribution >= 0.6 is 11.8 Å². The van der Waals surface area contributed by atoms with Gasteiger partial charge in [-0.3, -0.25) is 9.20 Å². The van der Waals surface area contributed by atoms with Gasteiger partial charge in [-0.15, -0.1) is 10.2 Å². The van der Waals surface area contributed by atoms with E-state index in [4.69, 9.17) is 10.5 Å². The van der Waals surface area contributed by atoms with Gasteiger partial charge >= 0.3 is 0 Å². The molecule has 9 heteroatoms. The molecule has 3 N–H and O–H groups in total. The van der Waals surface area contributed by atoms with Crippen molar-refractivity contribution in [2.45, 2.75) is 44.6 Å². The first-order valence-electron chi connectivity index (χ1n) is 9.51. The summed E-state index contributed by atoms with van der Waals surface area (Å²) >= 11 is 1.19. The molecule has 0 saturated heterocycles. The van der Waals surface area contributed by atoms with Crippen molar-refractivity contribution < 1.29 is 9.53 Å². The number of hydrogen-bond acceptors (Lipinski definition) is 7. The number of fused-ring (bicyclic) bond motifs is 3. The molecule has 0 unspecified atom stereocenters. The van der Waals surface area contributed by atoms with Gasteiger partial charge in [0, 0.05) is 17.7 Å². The molecular weight excluding hydrogens is 400 g/mol. The maximum Gasteiger partial charge on any atom is 0.227 e. The zero-order chi connectivity index (χ0) is 21.5. The average molecular weight is 423 g/mol. The van der Waals surface area contributed by atoms with Gasteiger partial charge < -0.3 is 15.8 Å². The lowest BCUT2D eigenvalue weighted by Gasteiger charge is -2.33. The molecule has 0 bridgehead atoms. The van der Waals surface area contributed by atoms with Crippen LogP contribution in [0.5, 0.6) is 0 Å². The Balaban J connectivity index is 1.95. The number of pyridine rings is 1. The van der Waals surface area contributed by atoms with Crippen LogP contribution in [0.2, 0.25) is 0 Å². The van der Waals surface area contributed by atoms with Crippen molar-refractivity contribution in [1.82, 2.24) is 14.6 Å². The topological polar surface area (TPSA) is 118 Å². The summed E-state index contributed by atoms with van der Waals surface area (Å²) in [6.45, 7) is 6.37. The van der Waals surface area contributed by atoms with E-state index in [0.29, 0.717) is 35.2 Å². The van der Waals surface area contributed by atoms with Gasteiger partial charge in [0.05, 0.1) is 23.5 Å². The number of ether oxygens (including phenoxy) is 1. The standard InChI is InChI=1S/C21H22N6O2S/c1-12-4-6-13(7-5-12)24-18-15(9-22)14-8-21(2,3)29-10-16(14)19-25-26-20(27(18)19)30-11-17(23)28/h4-7,24H,8,10-11H2,1-3H3,(H2,23,28). The Labute approximate surface area is 178 Å². The van der Waals surface area contributed by atoms with Gasteiger partial charge in [-0.25, -0.2) is 0 Å². The molecule has 8 nitrogen and oxygen atoms in total. The van der Waals surface area contributed by atoms with Crippen LogP contribution in [0.4, 0.5) is 11.5 Å². The average Bonchev–Trinajstić information content (AvgIpc) is 3.11. The first-order valence-corrected chi connectivity index (χ1v) is 10.5. The second-order valence-corrected chi connectivity index (χ2v) is 8.85. The molecule has 0 fully saturated rings. The van der Waals surface area contributed by atoms with Gasteiger partial charge in [0.25, 0.3) is 0 Å². The first-order chi connectivity index (χ1) is 14.3. The summed E-state index contributed by atoms with van der Waals surface area (Å²) < 4.78 is 7.77. The molecule has 1 aliphatic heterocycles. The molecule has 154 valence electrons. The molecule has 2 aromatic heterocycles. The van der Waals surface area contributed by atoms with Crippen LogP contribution < -0.4 is 11.1 Å². The molecular formula is C21H22N6O2S. The Kier molecular flexibility index (Phi) is 5.13. The van der Waals surface area contributed by atoms with Crippen molar-refractivity contribution in [2.75, 3.05) is 11.1 Å². The van der Waals surface area contributed by atoms with Crippen LogP contribution in [0.25, 0.3) is 5.65 Å². The number of nitrogens with zero attached hydrogens (tertiary/aromatic N) is 4. The Morgan fingerprint density at radius 1 is 1.33 bits per heavy atom. The molecule has 0 saturated carbocycles. The van der Waals surface area contributed by atoms with Crippen molar-refractivity contribution in [3.63, 3.8) is 0 Å². The van der Waals surface area contributed by atoms with Crippen LogP contribution in [0.1, 0.15) is 36.1 Å². The number of rotatable bonds is 5. The maximum absolute atomic E-state index is 11.3. The summed E-state index contributed by atoms with van der Waals surface area (Å²) in [6.07, 6.45) is 0.584. The lowest BCUT2D eigenvalue weighted by molar-refractivity contribution is -0.115. The number of nitrogens with two attached hydrogens (primary N) is 1. The van der Waals surface area contributed by atoms with Crippen LogP contribution in [0, 0.1) is 18.3 Å². The third-order valence-corrected chi connectivity index (χ3v) is 5.96. The van der Waals surface area contributed by atoms with Crippen LogP contribution in [0.3, 0.4) is 0 Å². The third-order valence-electron chi connectivity index (χ3n) is 5.01. The molecule has 3 aromatic rings. The van der Waals surface area contributed by atoms with E-state index in [1.165, 1.54) is 11.8 Å². The van der Waals surface area contributed by atoms with E-state index in [1.54, 1.807) is 4.40 Å². The minimum Gasteiger partial charge on any atom is -0.370 e. The Bertz CT molecular complexity index is 1180. The molecule has 4 rings (SSSR count). The number of anilines is 2. The highest BCUT2D eigenvalue weighted by molar-refractivity contribution is 7.99. The van der Waals surface area contributed by atoms with Gasteiger partial charge in [0.2, 0.25) is 5.91 Å². The molecule has 0 radical (unpaired) electrons. The highest BCUT2D eigenvalue weighted by Crippen LogP contribution is 2.38.